The van der Waals surface area contributed by atoms with Crippen molar-refractivity contribution in [3.8, 4) is 39.8 Å². The van der Waals surface area contributed by atoms with Gasteiger partial charge in [-0.25, -0.2) is 0 Å². The molecule has 2 aliphatic heterocycles. The summed E-state index contributed by atoms with van der Waals surface area (Å²) >= 11 is 0. The van der Waals surface area contributed by atoms with Gasteiger partial charge in [0.05, 0.1) is 11.0 Å². The Bertz CT molecular complexity index is 3370. The van der Waals surface area contributed by atoms with E-state index < -0.39 is 0 Å². The number of hydrogen-bond acceptors (Lipinski definition) is 3. The smallest absolute Gasteiger partial charge is 0.260 e. The maximum atomic E-state index is 6.91. The Labute approximate surface area is 348 Å². The summed E-state index contributed by atoms with van der Waals surface area (Å²) in [7, 11) is 0. The first kappa shape index (κ1) is 33.5. The van der Waals surface area contributed by atoms with E-state index in [9.17, 15) is 0 Å². The molecule has 0 spiro atoms. The van der Waals surface area contributed by atoms with E-state index in [0.29, 0.717) is 0 Å². The molecule has 1 aromatic heterocycles. The Balaban J connectivity index is 1.01. The van der Waals surface area contributed by atoms with E-state index in [2.05, 4.69) is 205 Å². The lowest BCUT2D eigenvalue weighted by molar-refractivity contribution is 0.464. The number of anilines is 3. The van der Waals surface area contributed by atoms with Crippen LogP contribution < -0.4 is 30.8 Å². The molecule has 0 saturated carbocycles. The molecule has 282 valence electrons. The Kier molecular flexibility index (Phi) is 6.84. The summed E-state index contributed by atoms with van der Waals surface area (Å²) in [5, 5.41) is 4.88. The molecular formula is C55H37BN2O2. The third kappa shape index (κ3) is 4.69. The molecule has 0 saturated heterocycles. The second kappa shape index (κ2) is 12.3. The summed E-state index contributed by atoms with van der Waals surface area (Å²) in [5.74, 6) is 3.47. The average Bonchev–Trinajstić information content (AvgIpc) is 3.70. The molecule has 0 amide bonds. The summed E-state index contributed by atoms with van der Waals surface area (Å²) in [6, 6.07) is 67.9. The van der Waals surface area contributed by atoms with Gasteiger partial charge in [-0.3, -0.25) is 0 Å². The van der Waals surface area contributed by atoms with Crippen molar-refractivity contribution >= 4 is 72.7 Å². The van der Waals surface area contributed by atoms with Gasteiger partial charge in [0.1, 0.15) is 23.0 Å². The largest absolute Gasteiger partial charge is 0.458 e. The van der Waals surface area contributed by atoms with Crippen LogP contribution in [0.25, 0.3) is 49.4 Å². The number of aromatic nitrogens is 1. The van der Waals surface area contributed by atoms with Crippen LogP contribution in [0.5, 0.6) is 23.0 Å². The molecule has 9 aromatic carbocycles. The third-order valence-corrected chi connectivity index (χ3v) is 13.2. The summed E-state index contributed by atoms with van der Waals surface area (Å²) in [6.07, 6.45) is 0. The Morgan fingerprint density at radius 2 is 1.02 bits per heavy atom. The van der Waals surface area contributed by atoms with Gasteiger partial charge in [-0.15, -0.1) is 0 Å². The molecule has 0 N–H and O–H groups in total. The minimum Gasteiger partial charge on any atom is -0.458 e. The molecule has 0 radical (unpaired) electrons. The van der Waals surface area contributed by atoms with Crippen molar-refractivity contribution in [3.05, 3.63) is 199 Å². The van der Waals surface area contributed by atoms with E-state index >= 15 is 0 Å². The summed E-state index contributed by atoms with van der Waals surface area (Å²) in [6.45, 7) is 4.67. The molecular weight excluding hydrogens is 731 g/mol. The first-order valence-corrected chi connectivity index (χ1v) is 20.8. The SMILES string of the molecule is CC1(C)c2cc(N(c3ccccc3)c3ccccc3)ccc2-c2cc3c(cc21)B1c2cc4c5cc6ccccc6cc5n(-c5ccccc5)c4cc2Oc2cccc(c21)O3. The Morgan fingerprint density at radius 1 is 0.450 bits per heavy atom. The third-order valence-electron chi connectivity index (χ3n) is 13.2. The molecule has 0 bridgehead atoms. The fourth-order valence-corrected chi connectivity index (χ4v) is 10.4. The van der Waals surface area contributed by atoms with Gasteiger partial charge >= 0.3 is 0 Å². The summed E-state index contributed by atoms with van der Waals surface area (Å²) in [4.78, 5) is 2.35. The normalized spacial score (nSPS) is 13.9. The van der Waals surface area contributed by atoms with Crippen molar-refractivity contribution in [2.45, 2.75) is 19.3 Å². The number of rotatable bonds is 4. The number of ether oxygens (including phenoxy) is 2. The molecule has 0 atom stereocenters. The number of para-hydroxylation sites is 3. The predicted octanol–water partition coefficient (Wildman–Crippen LogP) is 12.4. The zero-order chi connectivity index (χ0) is 39.7. The maximum absolute atomic E-state index is 6.91. The van der Waals surface area contributed by atoms with Gasteiger partial charge in [0, 0.05) is 50.5 Å². The lowest BCUT2D eigenvalue weighted by Crippen LogP contribution is -2.57. The van der Waals surface area contributed by atoms with Crippen molar-refractivity contribution in [3.63, 3.8) is 0 Å². The fourth-order valence-electron chi connectivity index (χ4n) is 10.4. The highest BCUT2D eigenvalue weighted by Gasteiger charge is 2.44. The first-order chi connectivity index (χ1) is 29.5. The quantitative estimate of drug-likeness (QED) is 0.167. The predicted molar refractivity (Wildman–Crippen MR) is 248 cm³/mol. The molecule has 3 heterocycles. The van der Waals surface area contributed by atoms with Crippen LogP contribution in [0, 0.1) is 0 Å². The number of hydrogen-bond donors (Lipinski definition) is 0. The van der Waals surface area contributed by atoms with Gasteiger partial charge < -0.3 is 18.9 Å². The minimum absolute atomic E-state index is 0.0734. The van der Waals surface area contributed by atoms with Crippen LogP contribution in [0.3, 0.4) is 0 Å². The van der Waals surface area contributed by atoms with Crippen molar-refractivity contribution < 1.29 is 9.47 Å². The average molecular weight is 769 g/mol. The van der Waals surface area contributed by atoms with Crippen molar-refractivity contribution in [2.24, 2.45) is 0 Å². The fraction of sp³-hybridized carbons (Fsp3) is 0.0545. The Hall–Kier alpha value is -7.50. The van der Waals surface area contributed by atoms with Crippen LogP contribution in [0.1, 0.15) is 25.0 Å². The molecule has 0 fully saturated rings. The molecule has 3 aliphatic rings. The van der Waals surface area contributed by atoms with Crippen molar-refractivity contribution in [1.82, 2.24) is 4.57 Å². The van der Waals surface area contributed by atoms with Crippen molar-refractivity contribution in [1.29, 1.82) is 0 Å². The van der Waals surface area contributed by atoms with Gasteiger partial charge in [0.15, 0.2) is 0 Å². The molecule has 13 rings (SSSR count). The van der Waals surface area contributed by atoms with E-state index in [1.807, 2.05) is 6.07 Å². The van der Waals surface area contributed by atoms with E-state index in [4.69, 9.17) is 9.47 Å². The molecule has 1 aliphatic carbocycles. The van der Waals surface area contributed by atoms with Gasteiger partial charge in [0.2, 0.25) is 0 Å². The number of nitrogens with zero attached hydrogens (tertiary/aromatic N) is 2. The van der Waals surface area contributed by atoms with E-state index in [-0.39, 0.29) is 12.1 Å². The van der Waals surface area contributed by atoms with Gasteiger partial charge in [-0.1, -0.05) is 117 Å². The topological polar surface area (TPSA) is 26.6 Å². The van der Waals surface area contributed by atoms with Crippen LogP contribution in [-0.4, -0.2) is 11.3 Å². The second-order valence-corrected chi connectivity index (χ2v) is 16.9. The summed E-state index contributed by atoms with van der Waals surface area (Å²) in [5.41, 5.74) is 15.1. The Morgan fingerprint density at radius 3 is 1.72 bits per heavy atom. The molecule has 10 aromatic rings. The molecule has 4 nitrogen and oxygen atoms in total. The van der Waals surface area contributed by atoms with Gasteiger partial charge in [-0.2, -0.15) is 0 Å². The lowest BCUT2D eigenvalue weighted by atomic mass is 9.34. The molecule has 5 heteroatoms. The molecule has 60 heavy (non-hydrogen) atoms. The zero-order valence-corrected chi connectivity index (χ0v) is 33.2. The number of fused-ring (bicyclic) bond motifs is 11. The molecule has 0 unspecified atom stereocenters. The first-order valence-electron chi connectivity index (χ1n) is 20.8. The van der Waals surface area contributed by atoms with Crippen LogP contribution in [0.4, 0.5) is 17.1 Å². The van der Waals surface area contributed by atoms with E-state index in [1.165, 1.54) is 54.8 Å². The van der Waals surface area contributed by atoms with Crippen LogP contribution in [0.15, 0.2) is 188 Å². The lowest BCUT2D eigenvalue weighted by Gasteiger charge is -2.34. The van der Waals surface area contributed by atoms with E-state index in [1.54, 1.807) is 0 Å². The number of benzene rings is 9. The van der Waals surface area contributed by atoms with Crippen LogP contribution >= 0.6 is 0 Å². The standard InChI is InChI=1S/C55H37BN2O2/c1-55(2)44-29-39(57(36-17-6-3-7-18-36)37-19-8-4-9-20-37)25-26-40(44)41-31-52-47(32-45(41)55)56-46-30-43-42-27-34-15-12-13-16-35(34)28-48(42)58(38-21-10-5-11-22-38)49(43)33-53(46)60-51-24-14-23-50(59-52)54(51)56/h3-33H,1-2H3. The van der Waals surface area contributed by atoms with E-state index in [0.717, 1.165) is 62.2 Å². The van der Waals surface area contributed by atoms with Crippen LogP contribution in [-0.2, 0) is 5.41 Å². The summed E-state index contributed by atoms with van der Waals surface area (Å²) < 4.78 is 16.2. The minimum atomic E-state index is -0.267. The zero-order valence-electron chi connectivity index (χ0n) is 33.2. The van der Waals surface area contributed by atoms with Crippen molar-refractivity contribution in [2.75, 3.05) is 4.90 Å². The van der Waals surface area contributed by atoms with Gasteiger partial charge in [0.25, 0.3) is 6.71 Å². The van der Waals surface area contributed by atoms with Crippen LogP contribution in [0.2, 0.25) is 0 Å². The highest BCUT2D eigenvalue weighted by atomic mass is 16.5. The van der Waals surface area contributed by atoms with Gasteiger partial charge in [-0.05, 0) is 123 Å². The maximum Gasteiger partial charge on any atom is 0.260 e. The monoisotopic (exact) mass is 768 g/mol. The second-order valence-electron chi connectivity index (χ2n) is 16.9. The highest BCUT2D eigenvalue weighted by Crippen LogP contribution is 2.52. The highest BCUT2D eigenvalue weighted by molar-refractivity contribution is 6.98.